The fourth-order valence-corrected chi connectivity index (χ4v) is 5.53. The van der Waals surface area contributed by atoms with Gasteiger partial charge < -0.3 is 29.5 Å². The zero-order valence-corrected chi connectivity index (χ0v) is 25.1. The molecule has 1 aliphatic heterocycles. The molecule has 1 fully saturated rings. The quantitative estimate of drug-likeness (QED) is 0.316. The highest BCUT2D eigenvalue weighted by molar-refractivity contribution is 7.90. The Morgan fingerprint density at radius 2 is 1.76 bits per heavy atom. The third kappa shape index (κ3) is 7.76. The molecule has 3 aromatic rings. The number of urea groups is 1. The first-order valence-electron chi connectivity index (χ1n) is 14.0. The fourth-order valence-electron chi connectivity index (χ4n) is 4.90. The Morgan fingerprint density at radius 3 is 2.39 bits per heavy atom. The van der Waals surface area contributed by atoms with Gasteiger partial charge >= 0.3 is 6.03 Å². The maximum Gasteiger partial charge on any atom is 0.321 e. The van der Waals surface area contributed by atoms with Gasteiger partial charge in [-0.15, -0.1) is 0 Å². The molecule has 0 bridgehead atoms. The summed E-state index contributed by atoms with van der Waals surface area (Å²) in [7, 11) is -1.66. The summed E-state index contributed by atoms with van der Waals surface area (Å²) in [5.74, 6) is 2.08. The average molecular weight is 585 g/mol. The highest BCUT2D eigenvalue weighted by atomic mass is 32.2. The second-order valence-corrected chi connectivity index (χ2v) is 12.1. The van der Waals surface area contributed by atoms with Crippen LogP contribution >= 0.6 is 0 Å². The van der Waals surface area contributed by atoms with Gasteiger partial charge in [-0.1, -0.05) is 13.8 Å². The van der Waals surface area contributed by atoms with E-state index >= 15 is 0 Å². The molecule has 2 heterocycles. The minimum absolute atomic E-state index is 0.210. The van der Waals surface area contributed by atoms with E-state index < -0.39 is 9.84 Å². The van der Waals surface area contributed by atoms with Crippen LogP contribution < -0.4 is 19.7 Å². The molecular weight excluding hydrogens is 544 g/mol. The van der Waals surface area contributed by atoms with Gasteiger partial charge in [0.2, 0.25) is 0 Å². The van der Waals surface area contributed by atoms with Crippen LogP contribution in [0.4, 0.5) is 16.3 Å². The molecule has 1 aromatic heterocycles. The van der Waals surface area contributed by atoms with Crippen molar-refractivity contribution in [2.75, 3.05) is 76.0 Å². The molecule has 2 amide bonds. The van der Waals surface area contributed by atoms with Gasteiger partial charge in [0.15, 0.2) is 21.3 Å². The van der Waals surface area contributed by atoms with E-state index in [1.165, 1.54) is 12.1 Å². The maximum absolute atomic E-state index is 12.8. The lowest BCUT2D eigenvalue weighted by atomic mass is 10.2. The number of ether oxygens (including phenoxy) is 2. The Balaban J connectivity index is 1.38. The number of carbonyl (C=O) groups is 1. The van der Waals surface area contributed by atoms with Crippen LogP contribution in [0.3, 0.4) is 0 Å². The third-order valence-electron chi connectivity index (χ3n) is 7.16. The van der Waals surface area contributed by atoms with Gasteiger partial charge in [0.05, 0.1) is 24.1 Å². The Hall–Kier alpha value is -3.64. The van der Waals surface area contributed by atoms with Crippen molar-refractivity contribution in [2.24, 2.45) is 0 Å². The molecule has 0 unspecified atom stereocenters. The average Bonchev–Trinajstić information content (AvgIpc) is 2.97. The third-order valence-corrected chi connectivity index (χ3v) is 8.29. The van der Waals surface area contributed by atoms with E-state index in [-0.39, 0.29) is 10.9 Å². The van der Waals surface area contributed by atoms with Crippen LogP contribution in [0.1, 0.15) is 26.7 Å². The number of amides is 2. The number of methoxy groups -OCH3 is 1. The first-order chi connectivity index (χ1) is 19.7. The van der Waals surface area contributed by atoms with Gasteiger partial charge in [-0.3, -0.25) is 0 Å². The second-order valence-electron chi connectivity index (χ2n) is 10.1. The van der Waals surface area contributed by atoms with Crippen molar-refractivity contribution in [3.63, 3.8) is 0 Å². The van der Waals surface area contributed by atoms with Gasteiger partial charge in [0.1, 0.15) is 12.1 Å². The summed E-state index contributed by atoms with van der Waals surface area (Å²) in [5, 5.41) is 3.71. The Kier molecular flexibility index (Phi) is 10.2. The number of benzene rings is 2. The fraction of sp³-hybridized carbons (Fsp3) is 0.483. The summed E-state index contributed by atoms with van der Waals surface area (Å²) in [6.45, 7) is 10.3. The normalized spacial score (nSPS) is 14.0. The number of carbonyl (C=O) groups excluding carboxylic acids is 1. The summed E-state index contributed by atoms with van der Waals surface area (Å²) in [6, 6.07) is 9.76. The van der Waals surface area contributed by atoms with Crippen molar-refractivity contribution in [2.45, 2.75) is 31.6 Å². The maximum atomic E-state index is 12.8. The highest BCUT2D eigenvalue weighted by Gasteiger charge is 2.24. The molecule has 222 valence electrons. The Morgan fingerprint density at radius 1 is 1.02 bits per heavy atom. The van der Waals surface area contributed by atoms with Crippen molar-refractivity contribution < 1.29 is 22.7 Å². The molecule has 1 aliphatic rings. The summed E-state index contributed by atoms with van der Waals surface area (Å²) in [6.07, 6.45) is 4.77. The predicted molar refractivity (Wildman–Crippen MR) is 161 cm³/mol. The van der Waals surface area contributed by atoms with Crippen LogP contribution in [0.25, 0.3) is 10.9 Å². The van der Waals surface area contributed by atoms with Crippen LogP contribution in [0.15, 0.2) is 47.6 Å². The summed E-state index contributed by atoms with van der Waals surface area (Å²) in [4.78, 5) is 28.4. The van der Waals surface area contributed by atoms with E-state index in [0.29, 0.717) is 50.0 Å². The lowest BCUT2D eigenvalue weighted by Gasteiger charge is -2.35. The number of fused-ring (bicyclic) bond motifs is 1. The van der Waals surface area contributed by atoms with Gasteiger partial charge in [-0.25, -0.2) is 23.2 Å². The summed E-state index contributed by atoms with van der Waals surface area (Å²) < 4.78 is 35.1. The van der Waals surface area contributed by atoms with Gasteiger partial charge in [-0.2, -0.15) is 0 Å². The summed E-state index contributed by atoms with van der Waals surface area (Å²) >= 11 is 0. The van der Waals surface area contributed by atoms with E-state index in [1.54, 1.807) is 30.5 Å². The summed E-state index contributed by atoms with van der Waals surface area (Å²) in [5.41, 5.74) is 1.31. The second kappa shape index (κ2) is 13.8. The van der Waals surface area contributed by atoms with Gasteiger partial charge in [0.25, 0.3) is 0 Å². The number of nitrogens with one attached hydrogen (secondary N) is 1. The number of anilines is 2. The molecule has 1 saturated heterocycles. The minimum atomic E-state index is -3.29. The molecule has 1 N–H and O–H groups in total. The van der Waals surface area contributed by atoms with Gasteiger partial charge in [0, 0.05) is 56.1 Å². The van der Waals surface area contributed by atoms with Crippen molar-refractivity contribution in [3.05, 3.63) is 42.7 Å². The zero-order chi connectivity index (χ0) is 29.4. The minimum Gasteiger partial charge on any atom is -0.493 e. The molecule has 0 radical (unpaired) electrons. The first kappa shape index (κ1) is 30.3. The zero-order valence-electron chi connectivity index (χ0n) is 24.3. The van der Waals surface area contributed by atoms with Crippen molar-refractivity contribution in [1.82, 2.24) is 19.8 Å². The SMILES string of the molecule is CCCN(CC)CCCOc1cc2ncnc(N3CCN(C(=O)Nc4ccc(S(C)(=O)=O)cc4)CC3)c2cc1OC. The van der Waals surface area contributed by atoms with Gasteiger partial charge in [-0.05, 0) is 56.3 Å². The number of rotatable bonds is 12. The van der Waals surface area contributed by atoms with Crippen molar-refractivity contribution in [1.29, 1.82) is 0 Å². The number of sulfone groups is 1. The monoisotopic (exact) mass is 584 g/mol. The number of nitrogens with zero attached hydrogens (tertiary/aromatic N) is 5. The van der Waals surface area contributed by atoms with E-state index in [4.69, 9.17) is 9.47 Å². The smallest absolute Gasteiger partial charge is 0.321 e. The standard InChI is InChI=1S/C29H40N6O5S/c1-5-12-33(6-2)13-7-18-40-27-20-25-24(19-26(27)39-3)28(31-21-30-25)34-14-16-35(17-15-34)29(36)32-22-8-10-23(11-9-22)41(4,37)38/h8-11,19-21H,5-7,12-18H2,1-4H3,(H,32,36). The first-order valence-corrected chi connectivity index (χ1v) is 15.9. The lowest BCUT2D eigenvalue weighted by Crippen LogP contribution is -2.50. The van der Waals surface area contributed by atoms with Crippen molar-refractivity contribution in [3.8, 4) is 11.5 Å². The Bertz CT molecular complexity index is 1430. The van der Waals surface area contributed by atoms with E-state index in [2.05, 4.69) is 38.9 Å². The van der Waals surface area contributed by atoms with Crippen LogP contribution in [-0.4, -0.2) is 100 Å². The molecule has 4 rings (SSSR count). The molecule has 0 saturated carbocycles. The topological polar surface area (TPSA) is 117 Å². The van der Waals surface area contributed by atoms with Crippen molar-refractivity contribution >= 4 is 38.3 Å². The highest BCUT2D eigenvalue weighted by Crippen LogP contribution is 2.35. The number of aromatic nitrogens is 2. The molecule has 2 aromatic carbocycles. The van der Waals surface area contributed by atoms with E-state index in [1.807, 2.05) is 12.1 Å². The molecule has 11 nitrogen and oxygen atoms in total. The number of piperazine rings is 1. The molecule has 41 heavy (non-hydrogen) atoms. The van der Waals surface area contributed by atoms with Crippen LogP contribution in [0.5, 0.6) is 11.5 Å². The predicted octanol–water partition coefficient (Wildman–Crippen LogP) is 3.90. The van der Waals surface area contributed by atoms with Crippen LogP contribution in [0.2, 0.25) is 0 Å². The molecule has 12 heteroatoms. The molecule has 0 aliphatic carbocycles. The largest absolute Gasteiger partial charge is 0.493 e. The van der Waals surface area contributed by atoms with Crippen LogP contribution in [0, 0.1) is 0 Å². The molecule has 0 atom stereocenters. The van der Waals surface area contributed by atoms with E-state index in [9.17, 15) is 13.2 Å². The number of hydrogen-bond acceptors (Lipinski definition) is 9. The number of hydrogen-bond donors (Lipinski definition) is 1. The van der Waals surface area contributed by atoms with E-state index in [0.717, 1.165) is 55.5 Å². The van der Waals surface area contributed by atoms with Crippen LogP contribution in [-0.2, 0) is 9.84 Å². The molecule has 0 spiro atoms. The molecular formula is C29H40N6O5S. The Labute approximate surface area is 242 Å². The lowest BCUT2D eigenvalue weighted by molar-refractivity contribution is 0.208.